The zero-order valence-corrected chi connectivity index (χ0v) is 17.7. The Bertz CT molecular complexity index is 325. The highest BCUT2D eigenvalue weighted by molar-refractivity contribution is 5.95. The Morgan fingerprint density at radius 2 is 1.00 bits per heavy atom. The van der Waals surface area contributed by atoms with E-state index in [1.54, 1.807) is 0 Å². The van der Waals surface area contributed by atoms with Crippen molar-refractivity contribution in [3.63, 3.8) is 0 Å². The van der Waals surface area contributed by atoms with Crippen LogP contribution in [0.15, 0.2) is 0 Å². The van der Waals surface area contributed by atoms with Gasteiger partial charge in [0.1, 0.15) is 12.2 Å². The predicted octanol–water partition coefficient (Wildman–Crippen LogP) is 7.16. The SMILES string of the molecule is CCCCCCCCCCCCCCCCCC(=O)CC(=O)OCCC. The lowest BCUT2D eigenvalue weighted by Gasteiger charge is -2.04. The van der Waals surface area contributed by atoms with Gasteiger partial charge in [0.25, 0.3) is 0 Å². The molecule has 0 aliphatic rings. The number of rotatable bonds is 20. The number of Topliss-reactive ketones (excluding diaryl/α,β-unsaturated/α-hetero) is 1. The fourth-order valence-corrected chi connectivity index (χ4v) is 3.21. The smallest absolute Gasteiger partial charge is 0.313 e. The van der Waals surface area contributed by atoms with Gasteiger partial charge in [-0.2, -0.15) is 0 Å². The zero-order valence-electron chi connectivity index (χ0n) is 17.7. The summed E-state index contributed by atoms with van der Waals surface area (Å²) in [7, 11) is 0. The van der Waals surface area contributed by atoms with Crippen molar-refractivity contribution in [1.82, 2.24) is 0 Å². The van der Waals surface area contributed by atoms with E-state index in [0.717, 1.165) is 19.3 Å². The number of unbranched alkanes of at least 4 members (excludes halogenated alkanes) is 14. The summed E-state index contributed by atoms with van der Waals surface area (Å²) < 4.78 is 4.93. The minimum Gasteiger partial charge on any atom is -0.465 e. The topological polar surface area (TPSA) is 43.4 Å². The molecule has 0 unspecified atom stereocenters. The standard InChI is InChI=1S/C23H44O3/c1-3-5-6-7-8-9-10-11-12-13-14-15-16-17-18-19-22(24)21-23(25)26-20-4-2/h3-21H2,1-2H3. The molecule has 3 nitrogen and oxygen atoms in total. The maximum absolute atomic E-state index is 11.6. The molecule has 0 bridgehead atoms. The maximum atomic E-state index is 11.6. The van der Waals surface area contributed by atoms with Crippen LogP contribution >= 0.6 is 0 Å². The molecule has 26 heavy (non-hydrogen) atoms. The second-order valence-corrected chi connectivity index (χ2v) is 7.64. The third kappa shape index (κ3) is 19.5. The van der Waals surface area contributed by atoms with Gasteiger partial charge in [-0.15, -0.1) is 0 Å². The van der Waals surface area contributed by atoms with Gasteiger partial charge in [-0.05, 0) is 12.8 Å². The first kappa shape index (κ1) is 25.1. The van der Waals surface area contributed by atoms with Crippen LogP contribution in [0.4, 0.5) is 0 Å². The summed E-state index contributed by atoms with van der Waals surface area (Å²) in [5, 5.41) is 0. The molecule has 154 valence electrons. The summed E-state index contributed by atoms with van der Waals surface area (Å²) in [6.45, 7) is 4.64. The van der Waals surface area contributed by atoms with Gasteiger partial charge in [-0.1, -0.05) is 104 Å². The van der Waals surface area contributed by atoms with Gasteiger partial charge in [0.15, 0.2) is 0 Å². The second kappa shape index (κ2) is 20.5. The summed E-state index contributed by atoms with van der Waals surface area (Å²) in [4.78, 5) is 23.0. The van der Waals surface area contributed by atoms with E-state index in [1.807, 2.05) is 6.92 Å². The first-order chi connectivity index (χ1) is 12.7. The molecule has 0 aliphatic carbocycles. The Morgan fingerprint density at radius 1 is 0.577 bits per heavy atom. The van der Waals surface area contributed by atoms with Crippen LogP contribution in [-0.2, 0) is 14.3 Å². The lowest BCUT2D eigenvalue weighted by molar-refractivity contribution is -0.146. The number of hydrogen-bond donors (Lipinski definition) is 0. The summed E-state index contributed by atoms with van der Waals surface area (Å²) in [6.07, 6.45) is 21.1. The lowest BCUT2D eigenvalue weighted by Crippen LogP contribution is -2.11. The van der Waals surface area contributed by atoms with Crippen molar-refractivity contribution in [2.24, 2.45) is 0 Å². The minimum absolute atomic E-state index is 0.0285. The maximum Gasteiger partial charge on any atom is 0.313 e. The Hall–Kier alpha value is -0.860. The van der Waals surface area contributed by atoms with Crippen LogP contribution in [0.3, 0.4) is 0 Å². The van der Waals surface area contributed by atoms with E-state index in [-0.39, 0.29) is 18.2 Å². The molecule has 0 heterocycles. The second-order valence-electron chi connectivity index (χ2n) is 7.64. The molecular weight excluding hydrogens is 324 g/mol. The van der Waals surface area contributed by atoms with Gasteiger partial charge in [-0.25, -0.2) is 0 Å². The molecule has 0 aliphatic heterocycles. The molecule has 0 radical (unpaired) electrons. The summed E-state index contributed by atoms with van der Waals surface area (Å²) in [6, 6.07) is 0. The summed E-state index contributed by atoms with van der Waals surface area (Å²) in [5.74, 6) is -0.335. The Kier molecular flexibility index (Phi) is 19.8. The molecule has 0 saturated heterocycles. The molecule has 0 atom stereocenters. The zero-order chi connectivity index (χ0) is 19.3. The van der Waals surface area contributed by atoms with E-state index in [2.05, 4.69) is 6.92 Å². The van der Waals surface area contributed by atoms with Crippen LogP contribution in [0.25, 0.3) is 0 Å². The fourth-order valence-electron chi connectivity index (χ4n) is 3.21. The molecule has 0 aromatic rings. The number of carbonyl (C=O) groups excluding carboxylic acids is 2. The molecule has 0 aromatic carbocycles. The fraction of sp³-hybridized carbons (Fsp3) is 0.913. The van der Waals surface area contributed by atoms with Gasteiger partial charge in [0.05, 0.1) is 6.61 Å². The molecule has 0 spiro atoms. The van der Waals surface area contributed by atoms with Crippen molar-refractivity contribution in [1.29, 1.82) is 0 Å². The van der Waals surface area contributed by atoms with Crippen molar-refractivity contribution >= 4 is 11.8 Å². The van der Waals surface area contributed by atoms with Gasteiger partial charge >= 0.3 is 5.97 Å². The van der Waals surface area contributed by atoms with Gasteiger partial charge in [-0.3, -0.25) is 9.59 Å². The van der Waals surface area contributed by atoms with Crippen molar-refractivity contribution in [2.75, 3.05) is 6.61 Å². The van der Waals surface area contributed by atoms with Crippen molar-refractivity contribution < 1.29 is 14.3 Å². The van der Waals surface area contributed by atoms with E-state index < -0.39 is 0 Å². The van der Waals surface area contributed by atoms with Crippen molar-refractivity contribution in [3.8, 4) is 0 Å². The normalized spacial score (nSPS) is 10.8. The Labute approximate surface area is 162 Å². The molecule has 0 rings (SSSR count). The largest absolute Gasteiger partial charge is 0.465 e. The first-order valence-electron chi connectivity index (χ1n) is 11.4. The third-order valence-electron chi connectivity index (χ3n) is 4.87. The highest BCUT2D eigenvalue weighted by Crippen LogP contribution is 2.14. The number of hydrogen-bond acceptors (Lipinski definition) is 3. The molecule has 0 fully saturated rings. The molecule has 3 heteroatoms. The Balaban J connectivity index is 3.19. The number of carbonyl (C=O) groups is 2. The van der Waals surface area contributed by atoms with Crippen molar-refractivity contribution in [3.05, 3.63) is 0 Å². The van der Waals surface area contributed by atoms with E-state index in [4.69, 9.17) is 4.74 Å². The average Bonchev–Trinajstić information content (AvgIpc) is 2.63. The van der Waals surface area contributed by atoms with E-state index in [1.165, 1.54) is 83.5 Å². The number of ketones is 1. The van der Waals surface area contributed by atoms with Crippen LogP contribution < -0.4 is 0 Å². The molecule has 0 amide bonds. The van der Waals surface area contributed by atoms with E-state index in [0.29, 0.717) is 13.0 Å². The highest BCUT2D eigenvalue weighted by Gasteiger charge is 2.09. The Morgan fingerprint density at radius 3 is 1.42 bits per heavy atom. The van der Waals surface area contributed by atoms with Crippen molar-refractivity contribution in [2.45, 2.75) is 129 Å². The predicted molar refractivity (Wildman–Crippen MR) is 110 cm³/mol. The summed E-state index contributed by atoms with van der Waals surface area (Å²) in [5.41, 5.74) is 0. The minimum atomic E-state index is -0.363. The molecular formula is C23H44O3. The van der Waals surface area contributed by atoms with E-state index >= 15 is 0 Å². The van der Waals surface area contributed by atoms with E-state index in [9.17, 15) is 9.59 Å². The van der Waals surface area contributed by atoms with Crippen LogP contribution in [0.5, 0.6) is 0 Å². The van der Waals surface area contributed by atoms with Gasteiger partial charge in [0, 0.05) is 6.42 Å². The summed E-state index contributed by atoms with van der Waals surface area (Å²) >= 11 is 0. The van der Waals surface area contributed by atoms with Gasteiger partial charge in [0.2, 0.25) is 0 Å². The first-order valence-corrected chi connectivity index (χ1v) is 11.4. The molecule has 0 saturated carbocycles. The van der Waals surface area contributed by atoms with Crippen LogP contribution in [0.1, 0.15) is 129 Å². The average molecular weight is 369 g/mol. The van der Waals surface area contributed by atoms with Crippen LogP contribution in [0.2, 0.25) is 0 Å². The quantitative estimate of drug-likeness (QED) is 0.130. The molecule has 0 N–H and O–H groups in total. The van der Waals surface area contributed by atoms with Gasteiger partial charge < -0.3 is 4.74 Å². The third-order valence-corrected chi connectivity index (χ3v) is 4.87. The van der Waals surface area contributed by atoms with Crippen LogP contribution in [0, 0.1) is 0 Å². The number of esters is 1. The highest BCUT2D eigenvalue weighted by atomic mass is 16.5. The monoisotopic (exact) mass is 368 g/mol. The van der Waals surface area contributed by atoms with Crippen LogP contribution in [-0.4, -0.2) is 18.4 Å². The molecule has 0 aromatic heterocycles. The number of ether oxygens (including phenoxy) is 1. The lowest BCUT2D eigenvalue weighted by atomic mass is 10.0.